The molecule has 6 nitrogen and oxygen atoms in total. The van der Waals surface area contributed by atoms with E-state index in [1.807, 2.05) is 23.8 Å². The number of hydrogen-bond acceptors (Lipinski definition) is 5. The van der Waals surface area contributed by atoms with Gasteiger partial charge < -0.3 is 20.4 Å². The van der Waals surface area contributed by atoms with Gasteiger partial charge in [0, 0.05) is 36.9 Å². The van der Waals surface area contributed by atoms with Crippen molar-refractivity contribution in [2.75, 3.05) is 24.7 Å². The van der Waals surface area contributed by atoms with Crippen LogP contribution in [0.4, 0.5) is 11.4 Å². The molecule has 2 aromatic rings. The number of benzene rings is 1. The van der Waals surface area contributed by atoms with Gasteiger partial charge in [-0.15, -0.1) is 0 Å². The first-order chi connectivity index (χ1) is 10.1. The van der Waals surface area contributed by atoms with Crippen molar-refractivity contribution in [2.24, 2.45) is 0 Å². The Morgan fingerprint density at radius 3 is 2.95 bits per heavy atom. The predicted molar refractivity (Wildman–Crippen MR) is 82.3 cm³/mol. The van der Waals surface area contributed by atoms with Gasteiger partial charge in [0.15, 0.2) is 0 Å². The fourth-order valence-electron chi connectivity index (χ4n) is 2.09. The maximum absolute atomic E-state index is 11.7. The van der Waals surface area contributed by atoms with Gasteiger partial charge in [-0.05, 0) is 31.0 Å². The minimum atomic E-state index is -0.419. The number of esters is 1. The third kappa shape index (κ3) is 3.75. The molecule has 0 amide bonds. The fourth-order valence-corrected chi connectivity index (χ4v) is 2.09. The first-order valence-electron chi connectivity index (χ1n) is 6.80. The average molecular weight is 288 g/mol. The molecule has 0 fully saturated rings. The summed E-state index contributed by atoms with van der Waals surface area (Å²) in [6.45, 7) is 3.56. The van der Waals surface area contributed by atoms with Gasteiger partial charge in [-0.2, -0.15) is 0 Å². The standard InChI is InChI=1S/C15H20N4O2/c1-11-8-12(9-13(14(11)16)15(20)21-2)18-4-3-6-19-7-5-17-10-19/h5,7-10,18H,3-4,6,16H2,1-2H3. The van der Waals surface area contributed by atoms with Crippen molar-refractivity contribution in [3.05, 3.63) is 42.0 Å². The maximum Gasteiger partial charge on any atom is 0.340 e. The zero-order valence-corrected chi connectivity index (χ0v) is 12.3. The maximum atomic E-state index is 11.7. The summed E-state index contributed by atoms with van der Waals surface area (Å²) in [6.07, 6.45) is 6.44. The Balaban J connectivity index is 1.96. The van der Waals surface area contributed by atoms with Crippen LogP contribution in [0.25, 0.3) is 0 Å². The molecular weight excluding hydrogens is 268 g/mol. The molecule has 6 heteroatoms. The number of nitrogens with two attached hydrogens (primary N) is 1. The molecule has 0 atom stereocenters. The lowest BCUT2D eigenvalue weighted by atomic mass is 10.1. The molecule has 0 unspecified atom stereocenters. The first kappa shape index (κ1) is 14.9. The molecule has 1 aromatic heterocycles. The van der Waals surface area contributed by atoms with E-state index >= 15 is 0 Å². The molecule has 1 heterocycles. The highest BCUT2D eigenvalue weighted by atomic mass is 16.5. The lowest BCUT2D eigenvalue weighted by molar-refractivity contribution is 0.0602. The molecule has 3 N–H and O–H groups in total. The number of carbonyl (C=O) groups is 1. The second-order valence-electron chi connectivity index (χ2n) is 4.83. The highest BCUT2D eigenvalue weighted by Crippen LogP contribution is 2.23. The number of aryl methyl sites for hydroxylation is 2. The van der Waals surface area contributed by atoms with Crippen LogP contribution in [-0.4, -0.2) is 29.2 Å². The van der Waals surface area contributed by atoms with Gasteiger partial charge in [0.2, 0.25) is 0 Å². The van der Waals surface area contributed by atoms with E-state index in [-0.39, 0.29) is 0 Å². The van der Waals surface area contributed by atoms with Gasteiger partial charge in [-0.3, -0.25) is 0 Å². The summed E-state index contributed by atoms with van der Waals surface area (Å²) in [7, 11) is 1.35. The smallest absolute Gasteiger partial charge is 0.340 e. The van der Waals surface area contributed by atoms with Crippen molar-refractivity contribution in [3.63, 3.8) is 0 Å². The van der Waals surface area contributed by atoms with E-state index in [0.29, 0.717) is 11.3 Å². The number of ether oxygens (including phenoxy) is 1. The molecular formula is C15H20N4O2. The first-order valence-corrected chi connectivity index (χ1v) is 6.80. The summed E-state index contributed by atoms with van der Waals surface area (Å²) in [6, 6.07) is 3.66. The molecule has 21 heavy (non-hydrogen) atoms. The van der Waals surface area contributed by atoms with Crippen molar-refractivity contribution in [2.45, 2.75) is 19.9 Å². The molecule has 2 rings (SSSR count). The molecule has 0 aliphatic rings. The number of imidazole rings is 1. The molecule has 0 saturated heterocycles. The van der Waals surface area contributed by atoms with Crippen molar-refractivity contribution < 1.29 is 9.53 Å². The monoisotopic (exact) mass is 288 g/mol. The molecule has 0 spiro atoms. The Hall–Kier alpha value is -2.50. The van der Waals surface area contributed by atoms with E-state index in [9.17, 15) is 4.79 Å². The molecule has 0 saturated carbocycles. The number of anilines is 2. The van der Waals surface area contributed by atoms with E-state index in [2.05, 4.69) is 10.3 Å². The second kappa shape index (κ2) is 6.78. The molecule has 1 aromatic carbocycles. The number of methoxy groups -OCH3 is 1. The van der Waals surface area contributed by atoms with Crippen LogP contribution in [0, 0.1) is 6.92 Å². The number of nitrogens with one attached hydrogen (secondary N) is 1. The normalized spacial score (nSPS) is 10.4. The Labute approximate surface area is 123 Å². The van der Waals surface area contributed by atoms with E-state index in [0.717, 1.165) is 30.8 Å². The third-order valence-corrected chi connectivity index (χ3v) is 3.27. The summed E-state index contributed by atoms with van der Waals surface area (Å²) >= 11 is 0. The van der Waals surface area contributed by atoms with Gasteiger partial charge in [-0.1, -0.05) is 0 Å². The quantitative estimate of drug-likeness (QED) is 0.483. The summed E-state index contributed by atoms with van der Waals surface area (Å²) in [5, 5.41) is 3.30. The summed E-state index contributed by atoms with van der Waals surface area (Å²) in [5.74, 6) is -0.419. The Morgan fingerprint density at radius 1 is 1.48 bits per heavy atom. The third-order valence-electron chi connectivity index (χ3n) is 3.27. The van der Waals surface area contributed by atoms with Crippen molar-refractivity contribution in [3.8, 4) is 0 Å². The van der Waals surface area contributed by atoms with Crippen LogP contribution in [0.5, 0.6) is 0 Å². The summed E-state index contributed by atoms with van der Waals surface area (Å²) in [5.41, 5.74) is 8.49. The highest BCUT2D eigenvalue weighted by Gasteiger charge is 2.13. The summed E-state index contributed by atoms with van der Waals surface area (Å²) in [4.78, 5) is 15.7. The minimum absolute atomic E-state index is 0.398. The van der Waals surface area contributed by atoms with E-state index in [1.54, 1.807) is 18.6 Å². The van der Waals surface area contributed by atoms with Crippen LogP contribution in [0.1, 0.15) is 22.3 Å². The molecule has 0 bridgehead atoms. The number of nitrogens with zero attached hydrogens (tertiary/aromatic N) is 2. The zero-order valence-electron chi connectivity index (χ0n) is 12.3. The Bertz CT molecular complexity index is 608. The Morgan fingerprint density at radius 2 is 2.29 bits per heavy atom. The van der Waals surface area contributed by atoms with Gasteiger partial charge in [0.25, 0.3) is 0 Å². The van der Waals surface area contributed by atoms with Crippen LogP contribution in [-0.2, 0) is 11.3 Å². The fraction of sp³-hybridized carbons (Fsp3) is 0.333. The minimum Gasteiger partial charge on any atom is -0.465 e. The lowest BCUT2D eigenvalue weighted by Gasteiger charge is -2.12. The number of rotatable bonds is 6. The van der Waals surface area contributed by atoms with Gasteiger partial charge in [0.1, 0.15) is 0 Å². The summed E-state index contributed by atoms with van der Waals surface area (Å²) < 4.78 is 6.77. The van der Waals surface area contributed by atoms with Gasteiger partial charge >= 0.3 is 5.97 Å². The van der Waals surface area contributed by atoms with E-state index in [1.165, 1.54) is 7.11 Å². The van der Waals surface area contributed by atoms with Crippen LogP contribution < -0.4 is 11.1 Å². The zero-order chi connectivity index (χ0) is 15.2. The van der Waals surface area contributed by atoms with Crippen molar-refractivity contribution >= 4 is 17.3 Å². The second-order valence-corrected chi connectivity index (χ2v) is 4.83. The predicted octanol–water partition coefficient (Wildman–Crippen LogP) is 2.06. The molecule has 112 valence electrons. The lowest BCUT2D eigenvalue weighted by Crippen LogP contribution is -2.10. The SMILES string of the molecule is COC(=O)c1cc(NCCCn2ccnc2)cc(C)c1N. The van der Waals surface area contributed by atoms with Crippen LogP contribution in [0.15, 0.2) is 30.9 Å². The van der Waals surface area contributed by atoms with Crippen LogP contribution in [0.3, 0.4) is 0 Å². The van der Waals surface area contributed by atoms with Gasteiger partial charge in [-0.25, -0.2) is 9.78 Å². The van der Waals surface area contributed by atoms with Crippen molar-refractivity contribution in [1.82, 2.24) is 9.55 Å². The van der Waals surface area contributed by atoms with E-state index in [4.69, 9.17) is 10.5 Å². The number of nitrogen functional groups attached to an aromatic ring is 1. The number of carbonyl (C=O) groups excluding carboxylic acids is 1. The van der Waals surface area contributed by atoms with Crippen LogP contribution >= 0.6 is 0 Å². The van der Waals surface area contributed by atoms with Crippen LogP contribution in [0.2, 0.25) is 0 Å². The largest absolute Gasteiger partial charge is 0.465 e. The number of hydrogen-bond donors (Lipinski definition) is 2. The van der Waals surface area contributed by atoms with Gasteiger partial charge in [0.05, 0.1) is 19.0 Å². The van der Waals surface area contributed by atoms with E-state index < -0.39 is 5.97 Å². The number of aromatic nitrogens is 2. The molecule has 0 radical (unpaired) electrons. The topological polar surface area (TPSA) is 82.2 Å². The molecule has 0 aliphatic carbocycles. The Kier molecular flexibility index (Phi) is 4.81. The van der Waals surface area contributed by atoms with Crippen molar-refractivity contribution in [1.29, 1.82) is 0 Å². The molecule has 0 aliphatic heterocycles. The highest BCUT2D eigenvalue weighted by molar-refractivity contribution is 5.97. The average Bonchev–Trinajstić information content (AvgIpc) is 2.99.